The molecule has 2 aromatic rings. The second-order valence-electron chi connectivity index (χ2n) is 3.75. The van der Waals surface area contributed by atoms with Gasteiger partial charge in [0.15, 0.2) is 5.78 Å². The van der Waals surface area contributed by atoms with E-state index in [4.69, 9.17) is 0 Å². The van der Waals surface area contributed by atoms with Gasteiger partial charge in [-0.3, -0.25) is 9.20 Å². The minimum Gasteiger partial charge on any atom is -0.297 e. The minimum absolute atomic E-state index is 0.0603. The minimum atomic E-state index is 0.0603. The number of hydrogen-bond donors (Lipinski definition) is 0. The van der Waals surface area contributed by atoms with Crippen LogP contribution in [-0.2, 0) is 0 Å². The first-order chi connectivity index (χ1) is 7.24. The van der Waals surface area contributed by atoms with Gasteiger partial charge in [0.2, 0.25) is 0 Å². The van der Waals surface area contributed by atoms with Crippen molar-refractivity contribution >= 4 is 11.4 Å². The van der Waals surface area contributed by atoms with Crippen LogP contribution in [0.4, 0.5) is 0 Å². The standard InChI is InChI=1S/C12H14N2O/c1-3-9(2)12(15)10-8-13-11-6-4-5-7-14(10)11/h4-9H,3H2,1-2H3. The number of pyridine rings is 1. The summed E-state index contributed by atoms with van der Waals surface area (Å²) in [6.07, 6.45) is 4.39. The molecule has 0 fully saturated rings. The van der Waals surface area contributed by atoms with E-state index < -0.39 is 0 Å². The Labute approximate surface area is 88.8 Å². The van der Waals surface area contributed by atoms with E-state index in [0.29, 0.717) is 5.69 Å². The highest BCUT2D eigenvalue weighted by Gasteiger charge is 2.16. The Morgan fingerprint density at radius 3 is 3.07 bits per heavy atom. The number of aromatic nitrogens is 2. The first-order valence-corrected chi connectivity index (χ1v) is 5.20. The van der Waals surface area contributed by atoms with E-state index >= 15 is 0 Å². The highest BCUT2D eigenvalue weighted by atomic mass is 16.1. The largest absolute Gasteiger partial charge is 0.297 e. The van der Waals surface area contributed by atoms with E-state index in [-0.39, 0.29) is 11.7 Å². The molecule has 2 heterocycles. The van der Waals surface area contributed by atoms with Crippen molar-refractivity contribution in [3.8, 4) is 0 Å². The maximum Gasteiger partial charge on any atom is 0.183 e. The third-order valence-electron chi connectivity index (χ3n) is 2.73. The Kier molecular flexibility index (Phi) is 2.54. The van der Waals surface area contributed by atoms with Crippen LogP contribution in [0, 0.1) is 5.92 Å². The molecule has 3 heteroatoms. The molecule has 0 aliphatic heterocycles. The van der Waals surface area contributed by atoms with Crippen LogP contribution < -0.4 is 0 Å². The van der Waals surface area contributed by atoms with Crippen LogP contribution in [0.3, 0.4) is 0 Å². The molecule has 1 unspecified atom stereocenters. The molecule has 0 aliphatic carbocycles. The van der Waals surface area contributed by atoms with Gasteiger partial charge in [-0.15, -0.1) is 0 Å². The maximum absolute atomic E-state index is 12.0. The van der Waals surface area contributed by atoms with E-state index in [1.807, 2.05) is 42.6 Å². The Morgan fingerprint density at radius 2 is 2.33 bits per heavy atom. The van der Waals surface area contributed by atoms with Gasteiger partial charge in [0.25, 0.3) is 0 Å². The summed E-state index contributed by atoms with van der Waals surface area (Å²) in [5, 5.41) is 0. The lowest BCUT2D eigenvalue weighted by Crippen LogP contribution is -2.12. The molecule has 0 saturated carbocycles. The van der Waals surface area contributed by atoms with Gasteiger partial charge in [0, 0.05) is 12.1 Å². The summed E-state index contributed by atoms with van der Waals surface area (Å²) in [5.74, 6) is 0.223. The fourth-order valence-electron chi connectivity index (χ4n) is 1.55. The molecule has 0 bridgehead atoms. The molecule has 1 atom stereocenters. The number of hydrogen-bond acceptors (Lipinski definition) is 2. The molecule has 0 radical (unpaired) electrons. The lowest BCUT2D eigenvalue weighted by molar-refractivity contribution is 0.0921. The number of ketones is 1. The maximum atomic E-state index is 12.0. The number of imidazole rings is 1. The molecule has 3 nitrogen and oxygen atoms in total. The van der Waals surface area contributed by atoms with Gasteiger partial charge in [0.1, 0.15) is 11.3 Å². The summed E-state index contributed by atoms with van der Waals surface area (Å²) >= 11 is 0. The van der Waals surface area contributed by atoms with Crippen LogP contribution in [-0.4, -0.2) is 15.2 Å². The monoisotopic (exact) mass is 202 g/mol. The van der Waals surface area contributed by atoms with Crippen LogP contribution in [0.25, 0.3) is 5.65 Å². The third kappa shape index (κ3) is 1.65. The van der Waals surface area contributed by atoms with Crippen molar-refractivity contribution in [3.05, 3.63) is 36.3 Å². The number of rotatable bonds is 3. The van der Waals surface area contributed by atoms with Gasteiger partial charge in [-0.2, -0.15) is 0 Å². The molecule has 0 aliphatic rings. The summed E-state index contributed by atoms with van der Waals surface area (Å²) in [7, 11) is 0. The number of carbonyl (C=O) groups is 1. The van der Waals surface area contributed by atoms with E-state index in [1.54, 1.807) is 6.20 Å². The molecule has 0 amide bonds. The fraction of sp³-hybridized carbons (Fsp3) is 0.333. The molecule has 0 aromatic carbocycles. The topological polar surface area (TPSA) is 34.4 Å². The lowest BCUT2D eigenvalue weighted by atomic mass is 10.0. The Balaban J connectivity index is 2.48. The van der Waals surface area contributed by atoms with E-state index in [0.717, 1.165) is 12.1 Å². The predicted octanol–water partition coefficient (Wildman–Crippen LogP) is 2.56. The Hall–Kier alpha value is -1.64. The van der Waals surface area contributed by atoms with Gasteiger partial charge >= 0.3 is 0 Å². The SMILES string of the molecule is CCC(C)C(=O)c1cnc2ccccn12. The van der Waals surface area contributed by atoms with Crippen molar-refractivity contribution in [2.45, 2.75) is 20.3 Å². The summed E-state index contributed by atoms with van der Waals surface area (Å²) in [5.41, 5.74) is 1.50. The second kappa shape index (κ2) is 3.85. The molecule has 78 valence electrons. The average molecular weight is 202 g/mol. The zero-order valence-corrected chi connectivity index (χ0v) is 8.97. The Morgan fingerprint density at radius 1 is 1.53 bits per heavy atom. The van der Waals surface area contributed by atoms with Crippen LogP contribution in [0.2, 0.25) is 0 Å². The molecule has 0 saturated heterocycles. The summed E-state index contributed by atoms with van der Waals surface area (Å²) in [4.78, 5) is 16.2. The van der Waals surface area contributed by atoms with Crippen molar-refractivity contribution in [1.29, 1.82) is 0 Å². The highest BCUT2D eigenvalue weighted by molar-refractivity contribution is 5.96. The first kappa shape index (κ1) is 9.90. The van der Waals surface area contributed by atoms with Crippen LogP contribution >= 0.6 is 0 Å². The zero-order chi connectivity index (χ0) is 10.8. The molecule has 2 rings (SSSR count). The smallest absolute Gasteiger partial charge is 0.183 e. The molecular weight excluding hydrogens is 188 g/mol. The van der Waals surface area contributed by atoms with Crippen molar-refractivity contribution < 1.29 is 4.79 Å². The van der Waals surface area contributed by atoms with Gasteiger partial charge < -0.3 is 0 Å². The summed E-state index contributed by atoms with van der Waals surface area (Å²) in [6.45, 7) is 3.97. The number of Topliss-reactive ketones (excluding diaryl/α,β-unsaturated/α-hetero) is 1. The highest BCUT2D eigenvalue weighted by Crippen LogP contribution is 2.13. The van der Waals surface area contributed by atoms with Crippen molar-refractivity contribution in [1.82, 2.24) is 9.38 Å². The fourth-order valence-corrected chi connectivity index (χ4v) is 1.55. The first-order valence-electron chi connectivity index (χ1n) is 5.20. The van der Waals surface area contributed by atoms with E-state index in [2.05, 4.69) is 4.98 Å². The van der Waals surface area contributed by atoms with Gasteiger partial charge in [-0.1, -0.05) is 19.9 Å². The molecule has 2 aromatic heterocycles. The Bertz CT molecular complexity index is 487. The number of fused-ring (bicyclic) bond motifs is 1. The third-order valence-corrected chi connectivity index (χ3v) is 2.73. The van der Waals surface area contributed by atoms with Crippen LogP contribution in [0.15, 0.2) is 30.6 Å². The lowest BCUT2D eigenvalue weighted by Gasteiger charge is -2.06. The molecule has 0 spiro atoms. The van der Waals surface area contributed by atoms with Crippen molar-refractivity contribution in [3.63, 3.8) is 0 Å². The van der Waals surface area contributed by atoms with Gasteiger partial charge in [0.05, 0.1) is 6.20 Å². The van der Waals surface area contributed by atoms with E-state index in [9.17, 15) is 4.79 Å². The molecule has 15 heavy (non-hydrogen) atoms. The molecule has 0 N–H and O–H groups in total. The average Bonchev–Trinajstić information content (AvgIpc) is 2.70. The quantitative estimate of drug-likeness (QED) is 0.717. The predicted molar refractivity (Wildman–Crippen MR) is 59.0 cm³/mol. The van der Waals surface area contributed by atoms with Gasteiger partial charge in [-0.05, 0) is 18.6 Å². The van der Waals surface area contributed by atoms with Crippen molar-refractivity contribution in [2.24, 2.45) is 5.92 Å². The van der Waals surface area contributed by atoms with E-state index in [1.165, 1.54) is 0 Å². The number of carbonyl (C=O) groups excluding carboxylic acids is 1. The normalized spacial score (nSPS) is 12.9. The summed E-state index contributed by atoms with van der Waals surface area (Å²) in [6, 6.07) is 5.72. The summed E-state index contributed by atoms with van der Waals surface area (Å²) < 4.78 is 1.84. The van der Waals surface area contributed by atoms with Gasteiger partial charge in [-0.25, -0.2) is 4.98 Å². The zero-order valence-electron chi connectivity index (χ0n) is 8.97. The molecular formula is C12H14N2O. The second-order valence-corrected chi connectivity index (χ2v) is 3.75. The van der Waals surface area contributed by atoms with Crippen LogP contribution in [0.1, 0.15) is 30.8 Å². The number of nitrogens with zero attached hydrogens (tertiary/aromatic N) is 2. The van der Waals surface area contributed by atoms with Crippen LogP contribution in [0.5, 0.6) is 0 Å². The van der Waals surface area contributed by atoms with Crippen molar-refractivity contribution in [2.75, 3.05) is 0 Å².